The molecule has 0 amide bonds. The number of piperazine rings is 1. The largest absolute Gasteiger partial charge is 0.342 e. The highest BCUT2D eigenvalue weighted by molar-refractivity contribution is 5.69. The lowest BCUT2D eigenvalue weighted by Gasteiger charge is -2.34. The molecule has 1 fully saturated rings. The maximum absolute atomic E-state index is 4.53. The molecule has 1 aliphatic heterocycles. The maximum Gasteiger partial charge on any atom is 0.227 e. The van der Waals surface area contributed by atoms with Crippen molar-refractivity contribution >= 4 is 23.2 Å². The molecular weight excluding hydrogens is 300 g/mol. The van der Waals surface area contributed by atoms with Crippen molar-refractivity contribution in [2.75, 3.05) is 37.6 Å². The molecule has 0 saturated carbocycles. The van der Waals surface area contributed by atoms with Gasteiger partial charge in [-0.1, -0.05) is 42.5 Å². The fraction of sp³-hybridized carbons (Fsp3) is 0.278. The Balaban J connectivity index is 1.32. The lowest BCUT2D eigenvalue weighted by Crippen LogP contribution is -2.46. The highest BCUT2D eigenvalue weighted by Crippen LogP contribution is 2.14. The minimum atomic E-state index is 0.730. The quantitative estimate of drug-likeness (QED) is 0.798. The van der Waals surface area contributed by atoms with E-state index in [2.05, 4.69) is 66.2 Å². The second-order valence-corrected chi connectivity index (χ2v) is 5.91. The number of benzene rings is 1. The van der Waals surface area contributed by atoms with E-state index in [1.807, 2.05) is 6.07 Å². The number of imidazole rings is 1. The van der Waals surface area contributed by atoms with Crippen LogP contribution in [0.3, 0.4) is 0 Å². The van der Waals surface area contributed by atoms with Crippen LogP contribution in [0.4, 0.5) is 5.95 Å². The smallest absolute Gasteiger partial charge is 0.227 e. The number of nitrogens with zero attached hydrogens (tertiary/aromatic N) is 5. The summed E-state index contributed by atoms with van der Waals surface area (Å²) >= 11 is 0. The predicted octanol–water partition coefficient (Wildman–Crippen LogP) is 2.19. The first-order chi connectivity index (χ1) is 11.9. The van der Waals surface area contributed by atoms with Crippen LogP contribution in [-0.2, 0) is 0 Å². The summed E-state index contributed by atoms with van der Waals surface area (Å²) in [4.78, 5) is 20.9. The predicted molar refractivity (Wildman–Crippen MR) is 95.8 cm³/mol. The van der Waals surface area contributed by atoms with E-state index < -0.39 is 0 Å². The molecule has 122 valence electrons. The molecule has 4 rings (SSSR count). The molecule has 1 saturated heterocycles. The van der Waals surface area contributed by atoms with Gasteiger partial charge >= 0.3 is 0 Å². The third-order valence-electron chi connectivity index (χ3n) is 4.29. The van der Waals surface area contributed by atoms with Gasteiger partial charge in [-0.25, -0.2) is 9.97 Å². The minimum absolute atomic E-state index is 0.730. The van der Waals surface area contributed by atoms with Crippen molar-refractivity contribution < 1.29 is 0 Å². The van der Waals surface area contributed by atoms with Gasteiger partial charge in [0.05, 0.1) is 12.5 Å². The maximum atomic E-state index is 4.53. The molecule has 6 heteroatoms. The second kappa shape index (κ2) is 6.80. The van der Waals surface area contributed by atoms with Gasteiger partial charge in [0.25, 0.3) is 0 Å². The number of rotatable bonds is 4. The lowest BCUT2D eigenvalue weighted by molar-refractivity contribution is 0.283. The van der Waals surface area contributed by atoms with Crippen LogP contribution in [0.1, 0.15) is 5.56 Å². The van der Waals surface area contributed by atoms with Crippen LogP contribution in [0, 0.1) is 0 Å². The molecule has 1 aromatic carbocycles. The number of anilines is 1. The Labute approximate surface area is 140 Å². The van der Waals surface area contributed by atoms with E-state index in [0.29, 0.717) is 0 Å². The van der Waals surface area contributed by atoms with Crippen LogP contribution in [0.25, 0.3) is 17.2 Å². The highest BCUT2D eigenvalue weighted by atomic mass is 15.3. The van der Waals surface area contributed by atoms with Crippen LogP contribution < -0.4 is 4.90 Å². The third-order valence-corrected chi connectivity index (χ3v) is 4.29. The van der Waals surface area contributed by atoms with Gasteiger partial charge in [0.1, 0.15) is 5.52 Å². The Bertz CT molecular complexity index is 818. The molecular formula is C18H20N6. The summed E-state index contributed by atoms with van der Waals surface area (Å²) in [6.07, 6.45) is 7.87. The summed E-state index contributed by atoms with van der Waals surface area (Å²) < 4.78 is 0. The molecule has 0 spiro atoms. The zero-order chi connectivity index (χ0) is 16.2. The van der Waals surface area contributed by atoms with E-state index in [1.54, 1.807) is 12.5 Å². The molecule has 0 unspecified atom stereocenters. The van der Waals surface area contributed by atoms with Gasteiger partial charge in [0, 0.05) is 32.7 Å². The zero-order valence-corrected chi connectivity index (χ0v) is 13.5. The van der Waals surface area contributed by atoms with Crippen LogP contribution in [-0.4, -0.2) is 57.6 Å². The SMILES string of the molecule is C(=C\c1ccccc1)/CN1CCN(c2ncc3[nH]cnc3n2)CC1. The summed E-state index contributed by atoms with van der Waals surface area (Å²) in [6.45, 7) is 4.88. The highest BCUT2D eigenvalue weighted by Gasteiger charge is 2.18. The van der Waals surface area contributed by atoms with E-state index in [9.17, 15) is 0 Å². The fourth-order valence-corrected chi connectivity index (χ4v) is 2.91. The number of nitrogens with one attached hydrogen (secondary N) is 1. The number of hydrogen-bond donors (Lipinski definition) is 1. The number of aromatic amines is 1. The van der Waals surface area contributed by atoms with Crippen LogP contribution in [0.5, 0.6) is 0 Å². The molecule has 24 heavy (non-hydrogen) atoms. The van der Waals surface area contributed by atoms with E-state index in [4.69, 9.17) is 0 Å². The van der Waals surface area contributed by atoms with Crippen LogP contribution in [0.2, 0.25) is 0 Å². The Morgan fingerprint density at radius 1 is 1.04 bits per heavy atom. The Morgan fingerprint density at radius 3 is 2.71 bits per heavy atom. The fourth-order valence-electron chi connectivity index (χ4n) is 2.91. The van der Waals surface area contributed by atoms with Gasteiger partial charge in [0.15, 0.2) is 5.65 Å². The first-order valence-corrected chi connectivity index (χ1v) is 8.23. The number of H-pyrrole nitrogens is 1. The molecule has 0 radical (unpaired) electrons. The van der Waals surface area contributed by atoms with Crippen molar-refractivity contribution in [2.45, 2.75) is 0 Å². The van der Waals surface area contributed by atoms with Crippen molar-refractivity contribution in [3.63, 3.8) is 0 Å². The molecule has 1 N–H and O–H groups in total. The number of fused-ring (bicyclic) bond motifs is 1. The van der Waals surface area contributed by atoms with E-state index in [0.717, 1.165) is 49.8 Å². The van der Waals surface area contributed by atoms with Crippen LogP contribution >= 0.6 is 0 Å². The Hall–Kier alpha value is -2.73. The number of aromatic nitrogens is 4. The van der Waals surface area contributed by atoms with Crippen LogP contribution in [0.15, 0.2) is 48.9 Å². The van der Waals surface area contributed by atoms with Crippen molar-refractivity contribution in [2.24, 2.45) is 0 Å². The zero-order valence-electron chi connectivity index (χ0n) is 13.5. The van der Waals surface area contributed by atoms with Crippen molar-refractivity contribution in [3.05, 3.63) is 54.5 Å². The molecule has 0 atom stereocenters. The van der Waals surface area contributed by atoms with Gasteiger partial charge in [0.2, 0.25) is 5.95 Å². The van der Waals surface area contributed by atoms with Gasteiger partial charge in [-0.05, 0) is 5.56 Å². The summed E-state index contributed by atoms with van der Waals surface area (Å²) in [5.41, 5.74) is 2.86. The molecule has 6 nitrogen and oxygen atoms in total. The monoisotopic (exact) mass is 320 g/mol. The third kappa shape index (κ3) is 3.28. The van der Waals surface area contributed by atoms with E-state index in [-0.39, 0.29) is 0 Å². The standard InChI is InChI=1S/C18H20N6/c1-2-5-15(6-3-1)7-4-8-23-9-11-24(12-10-23)18-19-13-16-17(22-18)21-14-20-16/h1-7,13-14H,8-12H2,(H,19,20,21,22)/b7-4+. The van der Waals surface area contributed by atoms with Crippen molar-refractivity contribution in [3.8, 4) is 0 Å². The Kier molecular flexibility index (Phi) is 4.20. The van der Waals surface area contributed by atoms with Gasteiger partial charge < -0.3 is 9.88 Å². The average Bonchev–Trinajstić information content (AvgIpc) is 3.11. The Morgan fingerprint density at radius 2 is 1.88 bits per heavy atom. The molecule has 3 aromatic rings. The average molecular weight is 320 g/mol. The van der Waals surface area contributed by atoms with Gasteiger partial charge in [-0.2, -0.15) is 4.98 Å². The van der Waals surface area contributed by atoms with Gasteiger partial charge in [-0.15, -0.1) is 0 Å². The lowest BCUT2D eigenvalue weighted by atomic mass is 10.2. The first-order valence-electron chi connectivity index (χ1n) is 8.23. The van der Waals surface area contributed by atoms with Crippen molar-refractivity contribution in [1.29, 1.82) is 0 Å². The van der Waals surface area contributed by atoms with E-state index >= 15 is 0 Å². The second-order valence-electron chi connectivity index (χ2n) is 5.91. The summed E-state index contributed by atoms with van der Waals surface area (Å²) in [6, 6.07) is 10.4. The first kappa shape index (κ1) is 14.8. The van der Waals surface area contributed by atoms with E-state index in [1.165, 1.54) is 5.56 Å². The number of hydrogen-bond acceptors (Lipinski definition) is 5. The topological polar surface area (TPSA) is 60.9 Å². The summed E-state index contributed by atoms with van der Waals surface area (Å²) in [5, 5.41) is 0. The summed E-state index contributed by atoms with van der Waals surface area (Å²) in [7, 11) is 0. The minimum Gasteiger partial charge on any atom is -0.342 e. The molecule has 0 bridgehead atoms. The summed E-state index contributed by atoms with van der Waals surface area (Å²) in [5.74, 6) is 0.772. The molecule has 0 aliphatic carbocycles. The van der Waals surface area contributed by atoms with Crippen molar-refractivity contribution in [1.82, 2.24) is 24.8 Å². The van der Waals surface area contributed by atoms with Gasteiger partial charge in [-0.3, -0.25) is 4.90 Å². The molecule has 3 heterocycles. The normalized spacial score (nSPS) is 16.2. The molecule has 1 aliphatic rings. The molecule has 2 aromatic heterocycles.